The third-order valence-electron chi connectivity index (χ3n) is 4.74. The molecule has 1 atom stereocenters. The summed E-state index contributed by atoms with van der Waals surface area (Å²) in [6.45, 7) is 3.05. The summed E-state index contributed by atoms with van der Waals surface area (Å²) in [4.78, 5) is 0.147. The third kappa shape index (κ3) is 4.30. The first-order valence-corrected chi connectivity index (χ1v) is 9.58. The summed E-state index contributed by atoms with van der Waals surface area (Å²) in [7, 11) is -3.62. The Morgan fingerprint density at radius 1 is 1.17 bits per heavy atom. The van der Waals surface area contributed by atoms with Crippen molar-refractivity contribution in [3.05, 3.63) is 29.8 Å². The highest BCUT2D eigenvalue weighted by Crippen LogP contribution is 2.34. The summed E-state index contributed by atoms with van der Waals surface area (Å²) < 4.78 is 34.0. The van der Waals surface area contributed by atoms with Gasteiger partial charge in [0, 0.05) is 32.4 Å². The van der Waals surface area contributed by atoms with E-state index >= 15 is 0 Å². The van der Waals surface area contributed by atoms with E-state index < -0.39 is 10.0 Å². The third-order valence-corrected chi connectivity index (χ3v) is 5.67. The van der Waals surface area contributed by atoms with E-state index in [9.17, 15) is 8.42 Å². The summed E-state index contributed by atoms with van der Waals surface area (Å²) in [6, 6.07) is 7.12. The maximum absolute atomic E-state index is 11.3. The average Bonchev–Trinajstić information content (AvgIpc) is 2.53. The number of nitrogens with two attached hydrogens (primary N) is 1. The summed E-state index contributed by atoms with van der Waals surface area (Å²) >= 11 is 0. The molecule has 7 heteroatoms. The van der Waals surface area contributed by atoms with Gasteiger partial charge in [-0.25, -0.2) is 13.6 Å². The van der Waals surface area contributed by atoms with Crippen molar-refractivity contribution in [3.8, 4) is 0 Å². The Labute approximate surface area is 137 Å². The molecule has 0 bridgehead atoms. The van der Waals surface area contributed by atoms with E-state index in [1.165, 1.54) is 0 Å². The Kier molecular flexibility index (Phi) is 5.03. The maximum atomic E-state index is 11.3. The van der Waals surface area contributed by atoms with Crippen LogP contribution < -0.4 is 10.5 Å². The minimum Gasteiger partial charge on any atom is -0.381 e. The Balaban J connectivity index is 1.55. The van der Waals surface area contributed by atoms with E-state index in [0.717, 1.165) is 51.1 Å². The van der Waals surface area contributed by atoms with Crippen molar-refractivity contribution < 1.29 is 17.9 Å². The smallest absolute Gasteiger partial charge is 0.238 e. The van der Waals surface area contributed by atoms with E-state index in [2.05, 4.69) is 5.32 Å². The topological polar surface area (TPSA) is 90.7 Å². The fraction of sp³-hybridized carbons (Fsp3) is 0.625. The van der Waals surface area contributed by atoms with Crippen LogP contribution >= 0.6 is 0 Å². The van der Waals surface area contributed by atoms with E-state index in [0.29, 0.717) is 12.6 Å². The van der Waals surface area contributed by atoms with Gasteiger partial charge >= 0.3 is 0 Å². The van der Waals surface area contributed by atoms with Gasteiger partial charge in [-0.15, -0.1) is 0 Å². The van der Waals surface area contributed by atoms with E-state index in [1.807, 2.05) is 0 Å². The first-order chi connectivity index (χ1) is 11.0. The average molecular weight is 340 g/mol. The number of benzene rings is 1. The van der Waals surface area contributed by atoms with Crippen LogP contribution in [-0.4, -0.2) is 39.9 Å². The monoisotopic (exact) mass is 340 g/mol. The number of nitrogens with one attached hydrogen (secondary N) is 1. The first-order valence-electron chi connectivity index (χ1n) is 8.04. The predicted octanol–water partition coefficient (Wildman–Crippen LogP) is 1.15. The van der Waals surface area contributed by atoms with Crippen LogP contribution in [0.5, 0.6) is 0 Å². The molecule has 2 fully saturated rings. The maximum Gasteiger partial charge on any atom is 0.238 e. The standard InChI is InChI=1S/C16H24N2O4S/c17-23(19,20)15-3-1-13(2-4-15)12-18-14-5-8-22-16(11-14)6-9-21-10-7-16/h1-4,14,18H,5-12H2,(H2,17,19,20)/t14-/m0/s1. The Morgan fingerprint density at radius 2 is 1.87 bits per heavy atom. The summed E-state index contributed by atoms with van der Waals surface area (Å²) in [5, 5.41) is 8.68. The second kappa shape index (κ2) is 6.86. The summed E-state index contributed by atoms with van der Waals surface area (Å²) in [6.07, 6.45) is 3.94. The number of hydrogen-bond acceptors (Lipinski definition) is 5. The SMILES string of the molecule is NS(=O)(=O)c1ccc(CN[C@H]2CCOC3(CCOCC3)C2)cc1. The summed E-state index contributed by atoms with van der Waals surface area (Å²) in [5.74, 6) is 0. The minimum atomic E-state index is -3.62. The molecule has 2 heterocycles. The molecule has 0 aromatic heterocycles. The highest BCUT2D eigenvalue weighted by atomic mass is 32.2. The van der Waals surface area contributed by atoms with E-state index in [-0.39, 0.29) is 10.5 Å². The normalized spacial score (nSPS) is 24.7. The molecule has 3 rings (SSSR count). The molecule has 2 aliphatic heterocycles. The molecule has 6 nitrogen and oxygen atoms in total. The van der Waals surface area contributed by atoms with Crippen LogP contribution in [0.2, 0.25) is 0 Å². The van der Waals surface area contributed by atoms with Crippen LogP contribution in [0.3, 0.4) is 0 Å². The van der Waals surface area contributed by atoms with Gasteiger partial charge in [-0.3, -0.25) is 0 Å². The second-order valence-corrected chi connectivity index (χ2v) is 7.96. The van der Waals surface area contributed by atoms with Crippen LogP contribution in [-0.2, 0) is 26.0 Å². The minimum absolute atomic E-state index is 0.0222. The molecule has 0 radical (unpaired) electrons. The molecular weight excluding hydrogens is 316 g/mol. The van der Waals surface area contributed by atoms with Crippen molar-refractivity contribution in [2.24, 2.45) is 5.14 Å². The Morgan fingerprint density at radius 3 is 2.52 bits per heavy atom. The zero-order valence-corrected chi connectivity index (χ0v) is 14.0. The van der Waals surface area contributed by atoms with Crippen molar-refractivity contribution in [1.82, 2.24) is 5.32 Å². The zero-order valence-electron chi connectivity index (χ0n) is 13.2. The zero-order chi connectivity index (χ0) is 16.3. The molecule has 0 amide bonds. The lowest BCUT2D eigenvalue weighted by Gasteiger charge is -2.43. The van der Waals surface area contributed by atoms with E-state index in [1.54, 1.807) is 24.3 Å². The molecule has 3 N–H and O–H groups in total. The van der Waals surface area contributed by atoms with Crippen LogP contribution in [0.25, 0.3) is 0 Å². The summed E-state index contributed by atoms with van der Waals surface area (Å²) in [5.41, 5.74) is 1.02. The number of primary sulfonamides is 1. The van der Waals surface area contributed by atoms with Gasteiger partial charge in [-0.05, 0) is 43.4 Å². The van der Waals surface area contributed by atoms with Crippen LogP contribution in [0, 0.1) is 0 Å². The molecule has 128 valence electrons. The lowest BCUT2D eigenvalue weighted by atomic mass is 9.84. The Hall–Kier alpha value is -0.990. The molecule has 0 aliphatic carbocycles. The van der Waals surface area contributed by atoms with Crippen molar-refractivity contribution >= 4 is 10.0 Å². The molecule has 23 heavy (non-hydrogen) atoms. The lowest BCUT2D eigenvalue weighted by Crippen LogP contribution is -2.49. The predicted molar refractivity (Wildman–Crippen MR) is 86.4 cm³/mol. The van der Waals surface area contributed by atoms with E-state index in [4.69, 9.17) is 14.6 Å². The van der Waals surface area contributed by atoms with Crippen LogP contribution in [0.4, 0.5) is 0 Å². The molecular formula is C16H24N2O4S. The van der Waals surface area contributed by atoms with Crippen molar-refractivity contribution in [1.29, 1.82) is 0 Å². The molecule has 1 aromatic carbocycles. The molecule has 1 aromatic rings. The number of rotatable bonds is 4. The largest absolute Gasteiger partial charge is 0.381 e. The molecule has 2 saturated heterocycles. The highest BCUT2D eigenvalue weighted by molar-refractivity contribution is 7.89. The lowest BCUT2D eigenvalue weighted by molar-refractivity contribution is -0.140. The molecule has 1 spiro atoms. The molecule has 0 saturated carbocycles. The van der Waals surface area contributed by atoms with Gasteiger partial charge in [-0.1, -0.05) is 12.1 Å². The van der Waals surface area contributed by atoms with Crippen molar-refractivity contribution in [3.63, 3.8) is 0 Å². The highest BCUT2D eigenvalue weighted by Gasteiger charge is 2.38. The molecule has 0 unspecified atom stereocenters. The van der Waals surface area contributed by atoms with Gasteiger partial charge in [0.2, 0.25) is 10.0 Å². The number of sulfonamides is 1. The fourth-order valence-corrected chi connectivity index (χ4v) is 3.87. The number of ether oxygens (including phenoxy) is 2. The number of hydrogen-bond donors (Lipinski definition) is 2. The van der Waals surface area contributed by atoms with Gasteiger partial charge < -0.3 is 14.8 Å². The van der Waals surface area contributed by atoms with Crippen molar-refractivity contribution in [2.75, 3.05) is 19.8 Å². The quantitative estimate of drug-likeness (QED) is 0.858. The van der Waals surface area contributed by atoms with Crippen LogP contribution in [0.1, 0.15) is 31.2 Å². The van der Waals surface area contributed by atoms with Crippen LogP contribution in [0.15, 0.2) is 29.2 Å². The van der Waals surface area contributed by atoms with Gasteiger partial charge in [-0.2, -0.15) is 0 Å². The second-order valence-electron chi connectivity index (χ2n) is 6.40. The van der Waals surface area contributed by atoms with Gasteiger partial charge in [0.15, 0.2) is 0 Å². The van der Waals surface area contributed by atoms with Crippen molar-refractivity contribution in [2.45, 2.75) is 48.8 Å². The van der Waals surface area contributed by atoms with Gasteiger partial charge in [0.1, 0.15) is 0 Å². The Bertz CT molecular complexity index is 618. The van der Waals surface area contributed by atoms with Gasteiger partial charge in [0.25, 0.3) is 0 Å². The molecule has 2 aliphatic rings. The fourth-order valence-electron chi connectivity index (χ4n) is 3.35. The van der Waals surface area contributed by atoms with Gasteiger partial charge in [0.05, 0.1) is 10.5 Å². The first kappa shape index (κ1) is 16.9.